The van der Waals surface area contributed by atoms with E-state index in [4.69, 9.17) is 0 Å². The molecule has 1 aromatic heterocycles. The van der Waals surface area contributed by atoms with E-state index in [1.807, 2.05) is 18.3 Å². The van der Waals surface area contributed by atoms with Gasteiger partial charge in [0.05, 0.1) is 5.69 Å². The highest BCUT2D eigenvalue weighted by Gasteiger charge is 2.05. The highest BCUT2D eigenvalue weighted by atomic mass is 79.9. The smallest absolute Gasteiger partial charge is 0.0702 e. The minimum atomic E-state index is 1.01. The molecule has 1 heterocycles. The molecular weight excluding hydrogens is 378 g/mol. The van der Waals surface area contributed by atoms with Crippen molar-refractivity contribution in [2.45, 2.75) is 39.0 Å². The quantitative estimate of drug-likeness (QED) is 0.515. The normalized spacial score (nSPS) is 10.8. The number of nitrogens with zero attached hydrogens (tertiary/aromatic N) is 1. The molecule has 0 spiro atoms. The highest BCUT2D eigenvalue weighted by molar-refractivity contribution is 9.10. The van der Waals surface area contributed by atoms with Crippen LogP contribution < -0.4 is 0 Å². The van der Waals surface area contributed by atoms with Crippen LogP contribution in [0.4, 0.5) is 0 Å². The van der Waals surface area contributed by atoms with Crippen molar-refractivity contribution in [2.24, 2.45) is 0 Å². The van der Waals surface area contributed by atoms with E-state index in [2.05, 4.69) is 62.0 Å². The van der Waals surface area contributed by atoms with Gasteiger partial charge >= 0.3 is 0 Å². The number of halogens is 2. The molecule has 0 aliphatic heterocycles. The highest BCUT2D eigenvalue weighted by Crippen LogP contribution is 2.26. The van der Waals surface area contributed by atoms with E-state index in [1.165, 1.54) is 41.3 Å². The summed E-state index contributed by atoms with van der Waals surface area (Å²) in [5, 5.41) is 0. The number of hydrogen-bond donors (Lipinski definition) is 0. The third-order valence-electron chi connectivity index (χ3n) is 3.37. The van der Waals surface area contributed by atoms with Gasteiger partial charge in [-0.25, -0.2) is 0 Å². The number of hydrogen-bond acceptors (Lipinski definition) is 1. The molecule has 106 valence electrons. The average Bonchev–Trinajstić information content (AvgIpc) is 2.46. The molecule has 0 N–H and O–H groups in total. The third kappa shape index (κ3) is 4.42. The first kappa shape index (κ1) is 15.7. The predicted molar refractivity (Wildman–Crippen MR) is 92.9 cm³/mol. The topological polar surface area (TPSA) is 12.9 Å². The monoisotopic (exact) mass is 395 g/mol. The fraction of sp³-hybridized carbons (Fsp3) is 0.353. The Morgan fingerprint density at radius 3 is 2.55 bits per heavy atom. The van der Waals surface area contributed by atoms with Gasteiger partial charge in [0.15, 0.2) is 0 Å². The van der Waals surface area contributed by atoms with Crippen LogP contribution in [-0.4, -0.2) is 4.98 Å². The maximum absolute atomic E-state index is 4.47. The van der Waals surface area contributed by atoms with Gasteiger partial charge in [-0.2, -0.15) is 0 Å². The van der Waals surface area contributed by atoms with Gasteiger partial charge in [-0.1, -0.05) is 48.2 Å². The predicted octanol–water partition coefficient (Wildman–Crippen LogP) is 6.40. The van der Waals surface area contributed by atoms with Crippen LogP contribution in [0.1, 0.15) is 38.2 Å². The van der Waals surface area contributed by atoms with Crippen LogP contribution in [0.5, 0.6) is 0 Å². The molecule has 0 unspecified atom stereocenters. The maximum atomic E-state index is 4.47. The number of benzene rings is 1. The van der Waals surface area contributed by atoms with Crippen molar-refractivity contribution in [2.75, 3.05) is 0 Å². The first-order valence-electron chi connectivity index (χ1n) is 7.11. The number of aromatic nitrogens is 1. The summed E-state index contributed by atoms with van der Waals surface area (Å²) in [4.78, 5) is 4.47. The minimum absolute atomic E-state index is 1.01. The molecule has 0 amide bonds. The van der Waals surface area contributed by atoms with E-state index in [0.29, 0.717) is 0 Å². The van der Waals surface area contributed by atoms with Gasteiger partial charge in [0.2, 0.25) is 0 Å². The van der Waals surface area contributed by atoms with Crippen LogP contribution in [0, 0.1) is 0 Å². The van der Waals surface area contributed by atoms with Crippen LogP contribution in [0.2, 0.25) is 0 Å². The maximum Gasteiger partial charge on any atom is 0.0702 e. The van der Waals surface area contributed by atoms with Crippen molar-refractivity contribution in [3.05, 3.63) is 51.0 Å². The first-order valence-corrected chi connectivity index (χ1v) is 8.69. The number of rotatable bonds is 6. The van der Waals surface area contributed by atoms with E-state index >= 15 is 0 Å². The molecule has 2 rings (SSSR count). The van der Waals surface area contributed by atoms with Gasteiger partial charge in [0.25, 0.3) is 0 Å². The summed E-state index contributed by atoms with van der Waals surface area (Å²) in [6, 6.07) is 10.6. The fourth-order valence-corrected chi connectivity index (χ4v) is 2.89. The second-order valence-corrected chi connectivity index (χ2v) is 6.75. The van der Waals surface area contributed by atoms with Crippen LogP contribution in [0.25, 0.3) is 11.3 Å². The Hall–Kier alpha value is -0.670. The molecule has 1 aromatic carbocycles. The Morgan fingerprint density at radius 1 is 1.00 bits per heavy atom. The van der Waals surface area contributed by atoms with Gasteiger partial charge in [-0.05, 0) is 58.6 Å². The molecule has 0 bridgehead atoms. The van der Waals surface area contributed by atoms with Gasteiger partial charge < -0.3 is 0 Å². The number of aryl methyl sites for hydroxylation is 1. The van der Waals surface area contributed by atoms with Crippen LogP contribution in [0.15, 0.2) is 45.5 Å². The Labute approximate surface area is 138 Å². The molecular formula is C17H19Br2N. The van der Waals surface area contributed by atoms with Crippen LogP contribution >= 0.6 is 31.9 Å². The van der Waals surface area contributed by atoms with E-state index < -0.39 is 0 Å². The summed E-state index contributed by atoms with van der Waals surface area (Å²) in [6.45, 7) is 2.25. The lowest BCUT2D eigenvalue weighted by Crippen LogP contribution is -1.90. The molecule has 1 nitrogen and oxygen atoms in total. The lowest BCUT2D eigenvalue weighted by Gasteiger charge is -2.08. The minimum Gasteiger partial charge on any atom is -0.255 e. The number of pyridine rings is 1. The second-order valence-electron chi connectivity index (χ2n) is 4.98. The molecule has 2 aromatic rings. The van der Waals surface area contributed by atoms with Crippen LogP contribution in [0.3, 0.4) is 0 Å². The van der Waals surface area contributed by atoms with Gasteiger partial charge in [-0.3, -0.25) is 4.98 Å². The lowest BCUT2D eigenvalue weighted by molar-refractivity contribution is 0.666. The zero-order chi connectivity index (χ0) is 14.4. The van der Waals surface area contributed by atoms with Crippen molar-refractivity contribution in [3.8, 4) is 11.3 Å². The second kappa shape index (κ2) is 7.94. The van der Waals surface area contributed by atoms with E-state index in [-0.39, 0.29) is 0 Å². The summed E-state index contributed by atoms with van der Waals surface area (Å²) in [5.41, 5.74) is 3.59. The molecule has 0 saturated carbocycles. The van der Waals surface area contributed by atoms with Crippen molar-refractivity contribution in [3.63, 3.8) is 0 Å². The Balaban J connectivity index is 2.13. The molecule has 0 radical (unpaired) electrons. The van der Waals surface area contributed by atoms with E-state index in [1.54, 1.807) is 0 Å². The largest absolute Gasteiger partial charge is 0.255 e. The van der Waals surface area contributed by atoms with Gasteiger partial charge in [-0.15, -0.1) is 0 Å². The van der Waals surface area contributed by atoms with E-state index in [0.717, 1.165) is 16.6 Å². The van der Waals surface area contributed by atoms with E-state index in [9.17, 15) is 0 Å². The fourth-order valence-electron chi connectivity index (χ4n) is 2.21. The third-order valence-corrected chi connectivity index (χ3v) is 4.61. The summed E-state index contributed by atoms with van der Waals surface area (Å²) in [7, 11) is 0. The molecule has 0 saturated heterocycles. The van der Waals surface area contributed by atoms with Gasteiger partial charge in [0, 0.05) is 20.7 Å². The Kier molecular flexibility index (Phi) is 6.24. The van der Waals surface area contributed by atoms with Crippen LogP contribution in [-0.2, 0) is 6.42 Å². The Morgan fingerprint density at radius 2 is 1.85 bits per heavy atom. The average molecular weight is 397 g/mol. The first-order chi connectivity index (χ1) is 9.70. The van der Waals surface area contributed by atoms with Crippen molar-refractivity contribution >= 4 is 31.9 Å². The molecule has 20 heavy (non-hydrogen) atoms. The summed E-state index contributed by atoms with van der Waals surface area (Å²) >= 11 is 7.08. The molecule has 0 aliphatic rings. The number of unbranched alkanes of at least 4 members (excludes halogenated alkanes) is 3. The zero-order valence-corrected chi connectivity index (χ0v) is 14.9. The summed E-state index contributed by atoms with van der Waals surface area (Å²) < 4.78 is 2.22. The summed E-state index contributed by atoms with van der Waals surface area (Å²) in [5.74, 6) is 0. The SMILES string of the molecule is CCCCCCc1cc(-c2ccc(Br)cn2)ccc1Br. The van der Waals surface area contributed by atoms with Crippen molar-refractivity contribution in [1.29, 1.82) is 0 Å². The Bertz CT molecular complexity index is 549. The molecule has 0 aliphatic carbocycles. The summed E-state index contributed by atoms with van der Waals surface area (Å²) in [6.07, 6.45) is 8.15. The molecule has 3 heteroatoms. The standard InChI is InChI=1S/C17H19Br2N/c1-2-3-4-5-6-13-11-14(7-9-16(13)19)17-10-8-15(18)12-20-17/h7-12H,2-6H2,1H3. The van der Waals surface area contributed by atoms with Gasteiger partial charge in [0.1, 0.15) is 0 Å². The molecule has 0 fully saturated rings. The zero-order valence-electron chi connectivity index (χ0n) is 11.7. The van der Waals surface area contributed by atoms with Crippen molar-refractivity contribution in [1.82, 2.24) is 4.98 Å². The molecule has 0 atom stereocenters. The van der Waals surface area contributed by atoms with Crippen molar-refractivity contribution < 1.29 is 0 Å². The lowest BCUT2D eigenvalue weighted by atomic mass is 10.0.